The Bertz CT molecular complexity index is 474. The standard InChI is InChI=1S/C17H24N2O2/c1-2-18-9-11-19(12-10-18)17(20)15-5-7-16(8-6-15)21-13-14-3-4-14/h5-8,14H,2-4,9-13H2,1H3. The van der Waals surface area contributed by atoms with Crippen molar-refractivity contribution in [3.8, 4) is 5.75 Å². The first-order valence-corrected chi connectivity index (χ1v) is 8.00. The minimum Gasteiger partial charge on any atom is -0.493 e. The first-order valence-electron chi connectivity index (χ1n) is 8.00. The predicted octanol–water partition coefficient (Wildman–Crippen LogP) is 2.25. The maximum Gasteiger partial charge on any atom is 0.253 e. The van der Waals surface area contributed by atoms with Crippen LogP contribution in [0, 0.1) is 5.92 Å². The number of carbonyl (C=O) groups is 1. The minimum absolute atomic E-state index is 0.138. The van der Waals surface area contributed by atoms with Gasteiger partial charge in [-0.3, -0.25) is 4.79 Å². The molecular formula is C17H24N2O2. The van der Waals surface area contributed by atoms with Gasteiger partial charge in [0.15, 0.2) is 0 Å². The second kappa shape index (κ2) is 6.48. The maximum atomic E-state index is 12.4. The molecule has 0 radical (unpaired) electrons. The van der Waals surface area contributed by atoms with E-state index in [1.54, 1.807) is 0 Å². The molecule has 114 valence electrons. The predicted molar refractivity (Wildman–Crippen MR) is 82.7 cm³/mol. The quantitative estimate of drug-likeness (QED) is 0.833. The van der Waals surface area contributed by atoms with Gasteiger partial charge in [-0.2, -0.15) is 0 Å². The second-order valence-electron chi connectivity index (χ2n) is 6.01. The summed E-state index contributed by atoms with van der Waals surface area (Å²) < 4.78 is 5.71. The van der Waals surface area contributed by atoms with Gasteiger partial charge in [-0.05, 0) is 49.6 Å². The lowest BCUT2D eigenvalue weighted by molar-refractivity contribution is 0.0643. The van der Waals surface area contributed by atoms with Crippen molar-refractivity contribution in [1.82, 2.24) is 9.80 Å². The smallest absolute Gasteiger partial charge is 0.253 e. The van der Waals surface area contributed by atoms with Crippen molar-refractivity contribution in [3.05, 3.63) is 29.8 Å². The van der Waals surface area contributed by atoms with Crippen LogP contribution in [0.5, 0.6) is 5.75 Å². The van der Waals surface area contributed by atoms with Gasteiger partial charge in [0.2, 0.25) is 0 Å². The molecule has 0 unspecified atom stereocenters. The SMILES string of the molecule is CCN1CCN(C(=O)c2ccc(OCC3CC3)cc2)CC1. The summed E-state index contributed by atoms with van der Waals surface area (Å²) in [5, 5.41) is 0. The highest BCUT2D eigenvalue weighted by Gasteiger charge is 2.23. The van der Waals surface area contributed by atoms with E-state index >= 15 is 0 Å². The molecule has 0 spiro atoms. The summed E-state index contributed by atoms with van der Waals surface area (Å²) in [7, 11) is 0. The zero-order valence-corrected chi connectivity index (χ0v) is 12.8. The fourth-order valence-corrected chi connectivity index (χ4v) is 2.64. The summed E-state index contributed by atoms with van der Waals surface area (Å²) in [5.74, 6) is 1.76. The fraction of sp³-hybridized carbons (Fsp3) is 0.588. The van der Waals surface area contributed by atoms with Gasteiger partial charge in [0, 0.05) is 31.7 Å². The minimum atomic E-state index is 0.138. The molecule has 0 bridgehead atoms. The maximum absolute atomic E-state index is 12.4. The number of nitrogens with zero attached hydrogens (tertiary/aromatic N) is 2. The lowest BCUT2D eigenvalue weighted by atomic mass is 10.1. The van der Waals surface area contributed by atoms with E-state index in [0.717, 1.165) is 56.6 Å². The molecule has 1 saturated carbocycles. The molecule has 0 aromatic heterocycles. The van der Waals surface area contributed by atoms with Crippen molar-refractivity contribution in [3.63, 3.8) is 0 Å². The number of rotatable bonds is 5. The van der Waals surface area contributed by atoms with Crippen LogP contribution in [0.1, 0.15) is 30.1 Å². The molecule has 21 heavy (non-hydrogen) atoms. The zero-order valence-electron chi connectivity index (χ0n) is 12.8. The second-order valence-corrected chi connectivity index (χ2v) is 6.01. The van der Waals surface area contributed by atoms with E-state index in [-0.39, 0.29) is 5.91 Å². The lowest BCUT2D eigenvalue weighted by Crippen LogP contribution is -2.48. The normalized spacial score (nSPS) is 19.6. The van der Waals surface area contributed by atoms with Crippen LogP contribution in [0.15, 0.2) is 24.3 Å². The average Bonchev–Trinajstić information content (AvgIpc) is 3.37. The van der Waals surface area contributed by atoms with Gasteiger partial charge in [-0.1, -0.05) is 6.92 Å². The number of hydrogen-bond acceptors (Lipinski definition) is 3. The Morgan fingerprint density at radius 3 is 2.38 bits per heavy atom. The summed E-state index contributed by atoms with van der Waals surface area (Å²) in [4.78, 5) is 16.8. The van der Waals surface area contributed by atoms with Crippen molar-refractivity contribution in [2.45, 2.75) is 19.8 Å². The van der Waals surface area contributed by atoms with Crippen molar-refractivity contribution in [2.24, 2.45) is 5.92 Å². The highest BCUT2D eigenvalue weighted by atomic mass is 16.5. The number of piperazine rings is 1. The molecule has 1 saturated heterocycles. The Hall–Kier alpha value is -1.55. The Morgan fingerprint density at radius 1 is 1.14 bits per heavy atom. The molecule has 1 aliphatic carbocycles. The Labute approximate surface area is 126 Å². The van der Waals surface area contributed by atoms with Crippen LogP contribution in [0.3, 0.4) is 0 Å². The van der Waals surface area contributed by atoms with Crippen molar-refractivity contribution >= 4 is 5.91 Å². The van der Waals surface area contributed by atoms with Crippen molar-refractivity contribution in [1.29, 1.82) is 0 Å². The van der Waals surface area contributed by atoms with Crippen molar-refractivity contribution < 1.29 is 9.53 Å². The summed E-state index contributed by atoms with van der Waals surface area (Å²) in [5.41, 5.74) is 0.763. The largest absolute Gasteiger partial charge is 0.493 e. The van der Waals surface area contributed by atoms with Crippen molar-refractivity contribution in [2.75, 3.05) is 39.3 Å². The van der Waals surface area contributed by atoms with Gasteiger partial charge in [0.25, 0.3) is 5.91 Å². The van der Waals surface area contributed by atoms with Gasteiger partial charge < -0.3 is 14.5 Å². The van der Waals surface area contributed by atoms with Gasteiger partial charge in [-0.15, -0.1) is 0 Å². The molecule has 2 aliphatic rings. The molecular weight excluding hydrogens is 264 g/mol. The molecule has 1 aromatic carbocycles. The summed E-state index contributed by atoms with van der Waals surface area (Å²) in [6.07, 6.45) is 2.58. The summed E-state index contributed by atoms with van der Waals surface area (Å²) in [6.45, 7) is 7.65. The number of amides is 1. The third-order valence-corrected chi connectivity index (χ3v) is 4.39. The Morgan fingerprint density at radius 2 is 1.81 bits per heavy atom. The molecule has 4 nitrogen and oxygen atoms in total. The summed E-state index contributed by atoms with van der Waals surface area (Å²) >= 11 is 0. The molecule has 4 heteroatoms. The number of likely N-dealkylation sites (N-methyl/N-ethyl adjacent to an activating group) is 1. The van der Waals surface area contributed by atoms with Crippen LogP contribution >= 0.6 is 0 Å². The van der Waals surface area contributed by atoms with Crippen LogP contribution in [0.2, 0.25) is 0 Å². The van der Waals surface area contributed by atoms with E-state index in [1.807, 2.05) is 29.2 Å². The number of hydrogen-bond donors (Lipinski definition) is 0. The first-order chi connectivity index (χ1) is 10.3. The van der Waals surface area contributed by atoms with Crippen LogP contribution in [-0.2, 0) is 0 Å². The van der Waals surface area contributed by atoms with Crippen LogP contribution < -0.4 is 4.74 Å². The lowest BCUT2D eigenvalue weighted by Gasteiger charge is -2.34. The third-order valence-electron chi connectivity index (χ3n) is 4.39. The highest BCUT2D eigenvalue weighted by Crippen LogP contribution is 2.29. The van der Waals surface area contributed by atoms with Crippen LogP contribution in [-0.4, -0.2) is 55.0 Å². The monoisotopic (exact) mass is 288 g/mol. The average molecular weight is 288 g/mol. The molecule has 3 rings (SSSR count). The molecule has 1 amide bonds. The number of carbonyl (C=O) groups excluding carboxylic acids is 1. The topological polar surface area (TPSA) is 32.8 Å². The van der Waals surface area contributed by atoms with Crippen LogP contribution in [0.4, 0.5) is 0 Å². The number of ether oxygens (including phenoxy) is 1. The van der Waals surface area contributed by atoms with Crippen LogP contribution in [0.25, 0.3) is 0 Å². The van der Waals surface area contributed by atoms with Gasteiger partial charge >= 0.3 is 0 Å². The number of benzene rings is 1. The van der Waals surface area contributed by atoms with E-state index < -0.39 is 0 Å². The highest BCUT2D eigenvalue weighted by molar-refractivity contribution is 5.94. The fourth-order valence-electron chi connectivity index (χ4n) is 2.64. The van der Waals surface area contributed by atoms with E-state index in [4.69, 9.17) is 4.74 Å². The third kappa shape index (κ3) is 3.76. The van der Waals surface area contributed by atoms with E-state index in [2.05, 4.69) is 11.8 Å². The Kier molecular flexibility index (Phi) is 4.44. The van der Waals surface area contributed by atoms with Gasteiger partial charge in [0.05, 0.1) is 6.61 Å². The molecule has 1 aliphatic heterocycles. The molecule has 1 heterocycles. The van der Waals surface area contributed by atoms with Gasteiger partial charge in [-0.25, -0.2) is 0 Å². The first kappa shape index (κ1) is 14.4. The molecule has 1 aromatic rings. The molecule has 2 fully saturated rings. The zero-order chi connectivity index (χ0) is 14.7. The van der Waals surface area contributed by atoms with Gasteiger partial charge in [0.1, 0.15) is 5.75 Å². The molecule has 0 atom stereocenters. The molecule has 0 N–H and O–H groups in total. The van der Waals surface area contributed by atoms with E-state index in [9.17, 15) is 4.79 Å². The van der Waals surface area contributed by atoms with E-state index in [1.165, 1.54) is 12.8 Å². The van der Waals surface area contributed by atoms with E-state index in [0.29, 0.717) is 0 Å². The summed E-state index contributed by atoms with van der Waals surface area (Å²) in [6, 6.07) is 7.60. The Balaban J connectivity index is 1.54.